The van der Waals surface area contributed by atoms with Crippen molar-refractivity contribution in [3.8, 4) is 0 Å². The maximum Gasteiger partial charge on any atom is 0.329 e. The monoisotopic (exact) mass is 143 g/mol. The van der Waals surface area contributed by atoms with E-state index < -0.39 is 0 Å². The molecule has 1 saturated carbocycles. The largest absolute Gasteiger partial charge is 0.334 e. The second kappa shape index (κ2) is 3.41. The maximum absolute atomic E-state index is 10.6. The molecule has 2 amide bonds. The van der Waals surface area contributed by atoms with E-state index in [1.807, 2.05) is 5.43 Å². The van der Waals surface area contributed by atoms with Crippen LogP contribution in [0.15, 0.2) is 0 Å². The lowest BCUT2D eigenvalue weighted by molar-refractivity contribution is 0.237. The molecule has 10 heavy (non-hydrogen) atoms. The molecule has 58 valence electrons. The predicted octanol–water partition coefficient (Wildman–Crippen LogP) is 0.102. The zero-order chi connectivity index (χ0) is 7.40. The molecule has 0 atom stereocenters. The first-order valence-electron chi connectivity index (χ1n) is 3.60. The van der Waals surface area contributed by atoms with E-state index in [0.29, 0.717) is 6.04 Å². The van der Waals surface area contributed by atoms with Crippen molar-refractivity contribution in [3.63, 3.8) is 0 Å². The number of carbonyl (C=O) groups is 1. The van der Waals surface area contributed by atoms with Gasteiger partial charge in [-0.1, -0.05) is 12.8 Å². The van der Waals surface area contributed by atoms with Crippen LogP contribution in [0.25, 0.3) is 0 Å². The Hall–Kier alpha value is -0.770. The van der Waals surface area contributed by atoms with Crippen molar-refractivity contribution in [1.82, 2.24) is 10.7 Å². The van der Waals surface area contributed by atoms with Crippen LogP contribution in [0.2, 0.25) is 0 Å². The molecule has 1 aliphatic carbocycles. The first-order valence-corrected chi connectivity index (χ1v) is 3.60. The Bertz CT molecular complexity index is 120. The first kappa shape index (κ1) is 7.34. The van der Waals surface area contributed by atoms with E-state index in [-0.39, 0.29) is 6.03 Å². The number of nitrogens with one attached hydrogen (secondary N) is 2. The average molecular weight is 143 g/mol. The van der Waals surface area contributed by atoms with Crippen LogP contribution >= 0.6 is 0 Å². The molecular formula is C6H13N3O. The van der Waals surface area contributed by atoms with E-state index in [1.165, 1.54) is 12.8 Å². The Balaban J connectivity index is 2.17. The summed E-state index contributed by atoms with van der Waals surface area (Å²) in [7, 11) is 0. The molecule has 0 aromatic carbocycles. The lowest BCUT2D eigenvalue weighted by Gasteiger charge is -2.09. The number of hydrogen-bond donors (Lipinski definition) is 3. The molecule has 1 aliphatic rings. The molecule has 0 spiro atoms. The highest BCUT2D eigenvalue weighted by molar-refractivity contribution is 5.73. The van der Waals surface area contributed by atoms with Gasteiger partial charge in [-0.2, -0.15) is 0 Å². The summed E-state index contributed by atoms with van der Waals surface area (Å²) in [5.41, 5.74) is 2.04. The third-order valence-corrected chi connectivity index (χ3v) is 1.82. The predicted molar refractivity (Wildman–Crippen MR) is 38.1 cm³/mol. The minimum absolute atomic E-state index is 0.271. The summed E-state index contributed by atoms with van der Waals surface area (Å²) in [5, 5.41) is 2.75. The van der Waals surface area contributed by atoms with Gasteiger partial charge >= 0.3 is 6.03 Å². The Labute approximate surface area is 60.1 Å². The summed E-state index contributed by atoms with van der Waals surface area (Å²) < 4.78 is 0. The Morgan fingerprint density at radius 1 is 1.40 bits per heavy atom. The molecule has 0 aromatic rings. The summed E-state index contributed by atoms with van der Waals surface area (Å²) in [4.78, 5) is 10.6. The highest BCUT2D eigenvalue weighted by atomic mass is 16.2. The standard InChI is InChI=1S/C6H13N3O/c7-9-6(10)8-5-3-1-2-4-5/h5H,1-4,7H2,(H2,8,9,10). The summed E-state index contributed by atoms with van der Waals surface area (Å²) in [6, 6.07) is 0.0791. The molecule has 0 saturated heterocycles. The number of carbonyl (C=O) groups excluding carboxylic acids is 1. The lowest BCUT2D eigenvalue weighted by Crippen LogP contribution is -2.44. The van der Waals surface area contributed by atoms with Gasteiger partial charge < -0.3 is 5.32 Å². The van der Waals surface area contributed by atoms with Crippen molar-refractivity contribution >= 4 is 6.03 Å². The number of urea groups is 1. The number of rotatable bonds is 1. The normalized spacial score (nSPS) is 18.9. The van der Waals surface area contributed by atoms with Crippen LogP contribution in [0.1, 0.15) is 25.7 Å². The lowest BCUT2D eigenvalue weighted by atomic mass is 10.3. The van der Waals surface area contributed by atoms with Crippen LogP contribution in [0, 0.1) is 0 Å². The summed E-state index contributed by atoms with van der Waals surface area (Å²) in [5.74, 6) is 4.89. The minimum Gasteiger partial charge on any atom is -0.334 e. The van der Waals surface area contributed by atoms with E-state index in [4.69, 9.17) is 5.84 Å². The van der Waals surface area contributed by atoms with Gasteiger partial charge in [-0.05, 0) is 12.8 Å². The van der Waals surface area contributed by atoms with Crippen molar-refractivity contribution in [1.29, 1.82) is 0 Å². The van der Waals surface area contributed by atoms with Crippen molar-refractivity contribution in [2.24, 2.45) is 5.84 Å². The van der Waals surface area contributed by atoms with Gasteiger partial charge in [0.2, 0.25) is 0 Å². The van der Waals surface area contributed by atoms with Crippen molar-refractivity contribution < 1.29 is 4.79 Å². The molecule has 0 unspecified atom stereocenters. The van der Waals surface area contributed by atoms with Gasteiger partial charge in [0.1, 0.15) is 0 Å². The fourth-order valence-corrected chi connectivity index (χ4v) is 1.30. The molecule has 1 rings (SSSR count). The van der Waals surface area contributed by atoms with Gasteiger partial charge in [0, 0.05) is 6.04 Å². The molecular weight excluding hydrogens is 130 g/mol. The third kappa shape index (κ3) is 1.88. The van der Waals surface area contributed by atoms with Crippen molar-refractivity contribution in [2.75, 3.05) is 0 Å². The minimum atomic E-state index is -0.271. The maximum atomic E-state index is 10.6. The zero-order valence-electron chi connectivity index (χ0n) is 5.89. The second-order valence-corrected chi connectivity index (χ2v) is 2.60. The molecule has 4 N–H and O–H groups in total. The number of hydrogen-bond acceptors (Lipinski definition) is 2. The van der Waals surface area contributed by atoms with Gasteiger partial charge in [0.05, 0.1) is 0 Å². The number of nitrogens with two attached hydrogens (primary N) is 1. The fourth-order valence-electron chi connectivity index (χ4n) is 1.30. The van der Waals surface area contributed by atoms with E-state index in [1.54, 1.807) is 0 Å². The molecule has 0 heterocycles. The van der Waals surface area contributed by atoms with Crippen LogP contribution in [-0.4, -0.2) is 12.1 Å². The molecule has 0 aliphatic heterocycles. The molecule has 4 heteroatoms. The summed E-state index contributed by atoms with van der Waals surface area (Å²) >= 11 is 0. The van der Waals surface area contributed by atoms with E-state index in [9.17, 15) is 4.79 Å². The second-order valence-electron chi connectivity index (χ2n) is 2.60. The van der Waals surface area contributed by atoms with Gasteiger partial charge in [0.25, 0.3) is 0 Å². The molecule has 4 nitrogen and oxygen atoms in total. The Kier molecular flexibility index (Phi) is 2.50. The third-order valence-electron chi connectivity index (χ3n) is 1.82. The summed E-state index contributed by atoms with van der Waals surface area (Å²) in [6.07, 6.45) is 4.62. The van der Waals surface area contributed by atoms with Crippen LogP contribution in [0.4, 0.5) is 4.79 Å². The average Bonchev–Trinajstić information content (AvgIpc) is 2.40. The van der Waals surface area contributed by atoms with Gasteiger partial charge in [-0.3, -0.25) is 5.43 Å². The van der Waals surface area contributed by atoms with Gasteiger partial charge in [0.15, 0.2) is 0 Å². The van der Waals surface area contributed by atoms with Crippen LogP contribution < -0.4 is 16.6 Å². The van der Waals surface area contributed by atoms with Crippen LogP contribution in [0.3, 0.4) is 0 Å². The van der Waals surface area contributed by atoms with Crippen LogP contribution in [-0.2, 0) is 0 Å². The number of amides is 2. The van der Waals surface area contributed by atoms with Gasteiger partial charge in [-0.25, -0.2) is 10.6 Å². The fraction of sp³-hybridized carbons (Fsp3) is 0.833. The zero-order valence-corrected chi connectivity index (χ0v) is 5.89. The topological polar surface area (TPSA) is 67.1 Å². The first-order chi connectivity index (χ1) is 4.83. The number of hydrazine groups is 1. The Morgan fingerprint density at radius 3 is 2.50 bits per heavy atom. The highest BCUT2D eigenvalue weighted by Gasteiger charge is 2.15. The SMILES string of the molecule is NNC(=O)NC1CCCC1. The van der Waals surface area contributed by atoms with Crippen molar-refractivity contribution in [3.05, 3.63) is 0 Å². The summed E-state index contributed by atoms with van der Waals surface area (Å²) in [6.45, 7) is 0. The molecule has 0 bridgehead atoms. The van der Waals surface area contributed by atoms with Crippen LogP contribution in [0.5, 0.6) is 0 Å². The smallest absolute Gasteiger partial charge is 0.329 e. The highest BCUT2D eigenvalue weighted by Crippen LogP contribution is 2.17. The molecule has 0 radical (unpaired) electrons. The molecule has 1 fully saturated rings. The Morgan fingerprint density at radius 2 is 2.00 bits per heavy atom. The quantitative estimate of drug-likeness (QED) is 0.277. The van der Waals surface area contributed by atoms with E-state index in [0.717, 1.165) is 12.8 Å². The van der Waals surface area contributed by atoms with E-state index in [2.05, 4.69) is 5.32 Å². The van der Waals surface area contributed by atoms with Gasteiger partial charge in [-0.15, -0.1) is 0 Å². The van der Waals surface area contributed by atoms with E-state index >= 15 is 0 Å². The molecule has 0 aromatic heterocycles. The van der Waals surface area contributed by atoms with Crippen molar-refractivity contribution in [2.45, 2.75) is 31.7 Å².